The molecule has 3 N–H and O–H groups in total. The summed E-state index contributed by atoms with van der Waals surface area (Å²) in [6, 6.07) is 0.472. The molecular formula is C11H24N2O. The van der Waals surface area contributed by atoms with E-state index < -0.39 is 0 Å². The quantitative estimate of drug-likeness (QED) is 0.592. The van der Waals surface area contributed by atoms with Crippen LogP contribution in [0.15, 0.2) is 0 Å². The lowest BCUT2D eigenvalue weighted by Gasteiger charge is -2.16. The molecule has 0 radical (unpaired) electrons. The lowest BCUT2D eigenvalue weighted by molar-refractivity contribution is 0.193. The molecule has 0 amide bonds. The predicted molar refractivity (Wildman–Crippen MR) is 59.4 cm³/mol. The van der Waals surface area contributed by atoms with Crippen LogP contribution in [0.1, 0.15) is 33.1 Å². The van der Waals surface area contributed by atoms with Gasteiger partial charge < -0.3 is 15.7 Å². The van der Waals surface area contributed by atoms with Gasteiger partial charge in [0.25, 0.3) is 0 Å². The Kier molecular flexibility index (Phi) is 5.45. The third kappa shape index (κ3) is 3.95. The van der Waals surface area contributed by atoms with E-state index in [1.54, 1.807) is 0 Å². The van der Waals surface area contributed by atoms with Crippen molar-refractivity contribution in [2.24, 2.45) is 5.92 Å². The van der Waals surface area contributed by atoms with Crippen molar-refractivity contribution in [1.29, 1.82) is 0 Å². The summed E-state index contributed by atoms with van der Waals surface area (Å²) < 4.78 is 0. The van der Waals surface area contributed by atoms with Crippen LogP contribution in [0, 0.1) is 5.92 Å². The smallest absolute Gasteiger partial charge is 0.0680 e. The van der Waals surface area contributed by atoms with Crippen LogP contribution >= 0.6 is 0 Å². The number of aliphatic hydroxyl groups is 1. The van der Waals surface area contributed by atoms with Crippen molar-refractivity contribution in [3.05, 3.63) is 0 Å². The molecule has 1 aliphatic rings. The number of nitrogens with one attached hydrogen (secondary N) is 2. The molecule has 2 atom stereocenters. The minimum Gasteiger partial charge on any atom is -0.392 e. The Morgan fingerprint density at radius 1 is 1.43 bits per heavy atom. The zero-order chi connectivity index (χ0) is 10.4. The van der Waals surface area contributed by atoms with E-state index in [-0.39, 0.29) is 6.10 Å². The molecule has 14 heavy (non-hydrogen) atoms. The highest BCUT2D eigenvalue weighted by Gasteiger charge is 2.21. The topological polar surface area (TPSA) is 44.3 Å². The molecule has 1 fully saturated rings. The third-order valence-electron chi connectivity index (χ3n) is 3.18. The molecule has 1 rings (SSSR count). The maximum Gasteiger partial charge on any atom is 0.0680 e. The summed E-state index contributed by atoms with van der Waals surface area (Å²) in [5, 5.41) is 16.1. The molecule has 3 nitrogen and oxygen atoms in total. The van der Waals surface area contributed by atoms with Gasteiger partial charge in [-0.05, 0) is 18.9 Å². The van der Waals surface area contributed by atoms with Gasteiger partial charge >= 0.3 is 0 Å². The lowest BCUT2D eigenvalue weighted by Crippen LogP contribution is -2.36. The minimum atomic E-state index is -0.130. The second-order valence-electron chi connectivity index (χ2n) is 4.34. The molecule has 1 saturated heterocycles. The maximum absolute atomic E-state index is 9.31. The first-order valence-corrected chi connectivity index (χ1v) is 5.88. The molecule has 0 aromatic heterocycles. The molecule has 0 aromatic carbocycles. The normalized spacial score (nSPS) is 27.4. The van der Waals surface area contributed by atoms with Crippen LogP contribution in [0.2, 0.25) is 0 Å². The highest BCUT2D eigenvalue weighted by atomic mass is 16.3. The molecule has 1 aliphatic heterocycles. The maximum atomic E-state index is 9.31. The van der Waals surface area contributed by atoms with Crippen molar-refractivity contribution in [2.75, 3.05) is 19.6 Å². The zero-order valence-electron chi connectivity index (χ0n) is 9.42. The van der Waals surface area contributed by atoms with Gasteiger partial charge in [0.15, 0.2) is 0 Å². The Bertz CT molecular complexity index is 148. The summed E-state index contributed by atoms with van der Waals surface area (Å²) in [4.78, 5) is 0. The first-order chi connectivity index (χ1) is 6.76. The molecule has 0 spiro atoms. The predicted octanol–water partition coefficient (Wildman–Crippen LogP) is 0.735. The van der Waals surface area contributed by atoms with E-state index in [0.29, 0.717) is 6.04 Å². The molecule has 0 saturated carbocycles. The van der Waals surface area contributed by atoms with Crippen LogP contribution in [0.25, 0.3) is 0 Å². The van der Waals surface area contributed by atoms with Crippen molar-refractivity contribution in [2.45, 2.75) is 45.3 Å². The van der Waals surface area contributed by atoms with Crippen molar-refractivity contribution in [1.82, 2.24) is 10.6 Å². The van der Waals surface area contributed by atoms with Gasteiger partial charge in [-0.15, -0.1) is 0 Å². The van der Waals surface area contributed by atoms with Crippen LogP contribution in [0.5, 0.6) is 0 Å². The summed E-state index contributed by atoms with van der Waals surface area (Å²) in [5.74, 6) is 0.807. The van der Waals surface area contributed by atoms with Gasteiger partial charge in [0.2, 0.25) is 0 Å². The van der Waals surface area contributed by atoms with Crippen LogP contribution in [0.4, 0.5) is 0 Å². The van der Waals surface area contributed by atoms with Gasteiger partial charge in [-0.3, -0.25) is 0 Å². The summed E-state index contributed by atoms with van der Waals surface area (Å²) in [7, 11) is 0. The molecule has 3 heteroatoms. The van der Waals surface area contributed by atoms with Crippen LogP contribution in [-0.4, -0.2) is 36.9 Å². The molecule has 2 unspecified atom stereocenters. The zero-order valence-corrected chi connectivity index (χ0v) is 9.42. The fourth-order valence-electron chi connectivity index (χ4n) is 1.99. The Morgan fingerprint density at radius 3 is 2.64 bits per heavy atom. The molecule has 84 valence electrons. The summed E-state index contributed by atoms with van der Waals surface area (Å²) in [6.45, 7) is 7.35. The number of rotatable bonds is 6. The Morgan fingerprint density at radius 2 is 2.14 bits per heavy atom. The van der Waals surface area contributed by atoms with E-state index in [1.807, 2.05) is 0 Å². The van der Waals surface area contributed by atoms with Crippen molar-refractivity contribution in [3.8, 4) is 0 Å². The first-order valence-electron chi connectivity index (χ1n) is 5.88. The van der Waals surface area contributed by atoms with Crippen LogP contribution < -0.4 is 10.6 Å². The van der Waals surface area contributed by atoms with Crippen LogP contribution in [0.3, 0.4) is 0 Å². The van der Waals surface area contributed by atoms with Gasteiger partial charge in [-0.2, -0.15) is 0 Å². The van der Waals surface area contributed by atoms with Gasteiger partial charge in [-0.1, -0.05) is 26.7 Å². The standard InChI is InChI=1S/C11H24N2O/c1-3-9(4-2)6-12-7-10-5-11(14)8-13-10/h9-14H,3-8H2,1-2H3. The van der Waals surface area contributed by atoms with Gasteiger partial charge in [-0.25, -0.2) is 0 Å². The van der Waals surface area contributed by atoms with E-state index in [4.69, 9.17) is 0 Å². The van der Waals surface area contributed by atoms with Gasteiger partial charge in [0.05, 0.1) is 6.10 Å². The van der Waals surface area contributed by atoms with Crippen molar-refractivity contribution >= 4 is 0 Å². The summed E-state index contributed by atoms with van der Waals surface area (Å²) in [6.07, 6.45) is 3.28. The fourth-order valence-corrected chi connectivity index (χ4v) is 1.99. The van der Waals surface area contributed by atoms with Gasteiger partial charge in [0, 0.05) is 19.1 Å². The van der Waals surface area contributed by atoms with Gasteiger partial charge in [0.1, 0.15) is 0 Å². The summed E-state index contributed by atoms with van der Waals surface area (Å²) in [5.41, 5.74) is 0. The second-order valence-corrected chi connectivity index (χ2v) is 4.34. The SMILES string of the molecule is CCC(CC)CNCC1CC(O)CN1. The average molecular weight is 200 g/mol. The van der Waals surface area contributed by atoms with E-state index >= 15 is 0 Å². The minimum absolute atomic E-state index is 0.130. The van der Waals surface area contributed by atoms with Crippen molar-refractivity contribution in [3.63, 3.8) is 0 Å². The largest absolute Gasteiger partial charge is 0.392 e. The number of hydrogen-bond acceptors (Lipinski definition) is 3. The lowest BCUT2D eigenvalue weighted by atomic mass is 10.0. The average Bonchev–Trinajstić information content (AvgIpc) is 2.59. The monoisotopic (exact) mass is 200 g/mol. The third-order valence-corrected chi connectivity index (χ3v) is 3.18. The first kappa shape index (κ1) is 12.0. The Balaban J connectivity index is 2.03. The number of β-amino-alcohol motifs (C(OH)–C–C–N with tert-alkyl or cyclic N) is 1. The molecular weight excluding hydrogens is 176 g/mol. The fraction of sp³-hybridized carbons (Fsp3) is 1.00. The number of hydrogen-bond donors (Lipinski definition) is 3. The van der Waals surface area contributed by atoms with E-state index in [0.717, 1.165) is 32.0 Å². The number of aliphatic hydroxyl groups excluding tert-OH is 1. The summed E-state index contributed by atoms with van der Waals surface area (Å²) >= 11 is 0. The molecule has 0 bridgehead atoms. The Hall–Kier alpha value is -0.120. The highest BCUT2D eigenvalue weighted by molar-refractivity contribution is 4.82. The Labute approximate surface area is 87.3 Å². The van der Waals surface area contributed by atoms with E-state index in [2.05, 4.69) is 24.5 Å². The van der Waals surface area contributed by atoms with Crippen molar-refractivity contribution < 1.29 is 5.11 Å². The van der Waals surface area contributed by atoms with E-state index in [9.17, 15) is 5.11 Å². The second kappa shape index (κ2) is 6.38. The highest BCUT2D eigenvalue weighted by Crippen LogP contribution is 2.07. The van der Waals surface area contributed by atoms with Crippen LogP contribution in [-0.2, 0) is 0 Å². The molecule has 0 aliphatic carbocycles. The molecule has 0 aromatic rings. The molecule has 1 heterocycles. The van der Waals surface area contributed by atoms with E-state index in [1.165, 1.54) is 12.8 Å².